The SMILES string of the molecule is CCOC(=O)c1cccnc1Sc1ccccc1N. The third-order valence-corrected chi connectivity index (χ3v) is 3.50. The number of hydrogen-bond acceptors (Lipinski definition) is 5. The number of carbonyl (C=O) groups is 1. The Kier molecular flexibility index (Phi) is 4.41. The number of esters is 1. The molecule has 2 aromatic rings. The number of ether oxygens (including phenoxy) is 1. The van der Waals surface area contributed by atoms with E-state index in [0.29, 0.717) is 22.9 Å². The number of rotatable bonds is 4. The van der Waals surface area contributed by atoms with E-state index in [0.717, 1.165) is 4.90 Å². The fourth-order valence-electron chi connectivity index (χ4n) is 1.51. The van der Waals surface area contributed by atoms with Crippen LogP contribution in [0.1, 0.15) is 17.3 Å². The summed E-state index contributed by atoms with van der Waals surface area (Å²) in [7, 11) is 0. The quantitative estimate of drug-likeness (QED) is 0.686. The van der Waals surface area contributed by atoms with E-state index < -0.39 is 0 Å². The summed E-state index contributed by atoms with van der Waals surface area (Å²) >= 11 is 1.36. The van der Waals surface area contributed by atoms with Crippen molar-refractivity contribution in [1.29, 1.82) is 0 Å². The minimum atomic E-state index is -0.368. The Hall–Kier alpha value is -2.01. The topological polar surface area (TPSA) is 65.2 Å². The average Bonchev–Trinajstić information content (AvgIpc) is 2.42. The van der Waals surface area contributed by atoms with Crippen LogP contribution in [0.25, 0.3) is 0 Å². The number of aromatic nitrogens is 1. The summed E-state index contributed by atoms with van der Waals surface area (Å²) in [6.45, 7) is 2.11. The number of para-hydroxylation sites is 1. The van der Waals surface area contributed by atoms with Gasteiger partial charge in [-0.1, -0.05) is 23.9 Å². The Balaban J connectivity index is 2.30. The third kappa shape index (κ3) is 3.26. The molecule has 0 aliphatic carbocycles. The lowest BCUT2D eigenvalue weighted by molar-refractivity contribution is 0.0521. The maximum atomic E-state index is 11.8. The monoisotopic (exact) mass is 274 g/mol. The Morgan fingerprint density at radius 1 is 1.32 bits per heavy atom. The van der Waals surface area contributed by atoms with Crippen LogP contribution in [0.5, 0.6) is 0 Å². The smallest absolute Gasteiger partial charge is 0.340 e. The van der Waals surface area contributed by atoms with Gasteiger partial charge in [-0.3, -0.25) is 0 Å². The first kappa shape index (κ1) is 13.4. The van der Waals surface area contributed by atoms with Crippen molar-refractivity contribution in [1.82, 2.24) is 4.98 Å². The van der Waals surface area contributed by atoms with Crippen LogP contribution < -0.4 is 5.73 Å². The molecule has 0 aliphatic heterocycles. The van der Waals surface area contributed by atoms with Crippen LogP contribution in [0.4, 0.5) is 5.69 Å². The molecule has 4 nitrogen and oxygen atoms in total. The normalized spacial score (nSPS) is 10.2. The van der Waals surface area contributed by atoms with Gasteiger partial charge in [0.05, 0.1) is 12.2 Å². The van der Waals surface area contributed by atoms with Crippen LogP contribution in [-0.4, -0.2) is 17.6 Å². The molecule has 2 rings (SSSR count). The maximum Gasteiger partial charge on any atom is 0.340 e. The largest absolute Gasteiger partial charge is 0.462 e. The first-order valence-electron chi connectivity index (χ1n) is 5.87. The Labute approximate surface area is 116 Å². The van der Waals surface area contributed by atoms with E-state index in [1.807, 2.05) is 24.3 Å². The molecule has 98 valence electrons. The number of nitrogens with zero attached hydrogens (tertiary/aromatic N) is 1. The molecule has 5 heteroatoms. The highest BCUT2D eigenvalue weighted by Crippen LogP contribution is 2.32. The van der Waals surface area contributed by atoms with E-state index in [-0.39, 0.29) is 5.97 Å². The van der Waals surface area contributed by atoms with Gasteiger partial charge in [-0.25, -0.2) is 9.78 Å². The number of anilines is 1. The summed E-state index contributed by atoms with van der Waals surface area (Å²) < 4.78 is 5.01. The lowest BCUT2D eigenvalue weighted by atomic mass is 10.3. The van der Waals surface area contributed by atoms with Crippen LogP contribution >= 0.6 is 11.8 Å². The van der Waals surface area contributed by atoms with E-state index in [1.165, 1.54) is 11.8 Å². The summed E-state index contributed by atoms with van der Waals surface area (Å²) in [5.41, 5.74) is 7.00. The van der Waals surface area contributed by atoms with Gasteiger partial charge in [-0.15, -0.1) is 0 Å². The minimum absolute atomic E-state index is 0.339. The molecule has 1 aromatic heterocycles. The average molecular weight is 274 g/mol. The summed E-state index contributed by atoms with van der Waals surface area (Å²) in [6.07, 6.45) is 1.64. The highest BCUT2D eigenvalue weighted by atomic mass is 32.2. The zero-order valence-electron chi connectivity index (χ0n) is 10.5. The molecule has 0 spiro atoms. The molecular weight excluding hydrogens is 260 g/mol. The van der Waals surface area contributed by atoms with Crippen molar-refractivity contribution < 1.29 is 9.53 Å². The minimum Gasteiger partial charge on any atom is -0.462 e. The summed E-state index contributed by atoms with van der Waals surface area (Å²) in [5.74, 6) is -0.368. The van der Waals surface area contributed by atoms with Crippen molar-refractivity contribution in [3.8, 4) is 0 Å². The molecule has 0 atom stereocenters. The number of benzene rings is 1. The standard InChI is InChI=1S/C14H14N2O2S/c1-2-18-14(17)10-6-5-9-16-13(10)19-12-8-4-3-7-11(12)15/h3-9H,2,15H2,1H3. The molecular formula is C14H14N2O2S. The highest BCUT2D eigenvalue weighted by molar-refractivity contribution is 7.99. The fourth-order valence-corrected chi connectivity index (χ4v) is 2.43. The van der Waals surface area contributed by atoms with Crippen molar-refractivity contribution in [2.24, 2.45) is 0 Å². The molecule has 1 heterocycles. The Bertz CT molecular complexity index is 587. The van der Waals surface area contributed by atoms with Crippen LogP contribution in [0.15, 0.2) is 52.5 Å². The molecule has 0 amide bonds. The highest BCUT2D eigenvalue weighted by Gasteiger charge is 2.14. The van der Waals surface area contributed by atoms with Crippen molar-refractivity contribution in [3.63, 3.8) is 0 Å². The first-order valence-corrected chi connectivity index (χ1v) is 6.68. The second kappa shape index (κ2) is 6.24. The van der Waals surface area contributed by atoms with E-state index in [9.17, 15) is 4.79 Å². The number of nitrogens with two attached hydrogens (primary N) is 1. The molecule has 0 saturated heterocycles. The van der Waals surface area contributed by atoms with Crippen LogP contribution in [0.2, 0.25) is 0 Å². The molecule has 0 aliphatic rings. The van der Waals surface area contributed by atoms with Crippen molar-refractivity contribution in [2.45, 2.75) is 16.8 Å². The van der Waals surface area contributed by atoms with Gasteiger partial charge < -0.3 is 10.5 Å². The zero-order valence-corrected chi connectivity index (χ0v) is 11.3. The molecule has 0 unspecified atom stereocenters. The molecule has 19 heavy (non-hydrogen) atoms. The van der Waals surface area contributed by atoms with Gasteiger partial charge in [-0.05, 0) is 31.2 Å². The Morgan fingerprint density at radius 3 is 2.84 bits per heavy atom. The maximum absolute atomic E-state index is 11.8. The van der Waals surface area contributed by atoms with Gasteiger partial charge in [0.15, 0.2) is 0 Å². The van der Waals surface area contributed by atoms with E-state index in [2.05, 4.69) is 4.98 Å². The van der Waals surface area contributed by atoms with Crippen molar-refractivity contribution in [2.75, 3.05) is 12.3 Å². The van der Waals surface area contributed by atoms with E-state index >= 15 is 0 Å². The van der Waals surface area contributed by atoms with Gasteiger partial charge in [0.1, 0.15) is 5.03 Å². The third-order valence-electron chi connectivity index (χ3n) is 2.39. The molecule has 0 saturated carbocycles. The fraction of sp³-hybridized carbons (Fsp3) is 0.143. The molecule has 0 radical (unpaired) electrons. The number of nitrogen functional groups attached to an aromatic ring is 1. The first-order chi connectivity index (χ1) is 9.22. The predicted molar refractivity (Wildman–Crippen MR) is 75.2 cm³/mol. The lowest BCUT2D eigenvalue weighted by Crippen LogP contribution is -2.07. The summed E-state index contributed by atoms with van der Waals surface area (Å²) in [4.78, 5) is 16.9. The van der Waals surface area contributed by atoms with Gasteiger partial charge in [0.25, 0.3) is 0 Å². The molecule has 1 aromatic carbocycles. The zero-order chi connectivity index (χ0) is 13.7. The van der Waals surface area contributed by atoms with Gasteiger partial charge >= 0.3 is 5.97 Å². The second-order valence-corrected chi connectivity index (χ2v) is 4.75. The van der Waals surface area contributed by atoms with E-state index in [1.54, 1.807) is 25.3 Å². The number of hydrogen-bond donors (Lipinski definition) is 1. The van der Waals surface area contributed by atoms with Crippen molar-refractivity contribution in [3.05, 3.63) is 48.2 Å². The van der Waals surface area contributed by atoms with Gasteiger partial charge in [-0.2, -0.15) is 0 Å². The van der Waals surface area contributed by atoms with Crippen LogP contribution in [0.3, 0.4) is 0 Å². The van der Waals surface area contributed by atoms with Crippen LogP contribution in [-0.2, 0) is 4.74 Å². The van der Waals surface area contributed by atoms with Gasteiger partial charge in [0, 0.05) is 16.8 Å². The molecule has 0 bridgehead atoms. The van der Waals surface area contributed by atoms with Gasteiger partial charge in [0.2, 0.25) is 0 Å². The number of pyridine rings is 1. The van der Waals surface area contributed by atoms with Crippen molar-refractivity contribution >= 4 is 23.4 Å². The van der Waals surface area contributed by atoms with Crippen LogP contribution in [0, 0.1) is 0 Å². The Morgan fingerprint density at radius 2 is 2.11 bits per heavy atom. The number of carbonyl (C=O) groups excluding carboxylic acids is 1. The van der Waals surface area contributed by atoms with E-state index in [4.69, 9.17) is 10.5 Å². The lowest BCUT2D eigenvalue weighted by Gasteiger charge is -2.08. The summed E-state index contributed by atoms with van der Waals surface area (Å²) in [5, 5.41) is 0.596. The molecule has 2 N–H and O–H groups in total. The second-order valence-electron chi connectivity index (χ2n) is 3.72. The predicted octanol–water partition coefficient (Wildman–Crippen LogP) is 2.99. The molecule has 0 fully saturated rings. The summed E-state index contributed by atoms with van der Waals surface area (Å²) in [6, 6.07) is 10.9.